The van der Waals surface area contributed by atoms with Crippen LogP contribution in [-0.2, 0) is 4.79 Å². The molecule has 2 rings (SSSR count). The lowest BCUT2D eigenvalue weighted by Gasteiger charge is -2.06. The minimum absolute atomic E-state index is 0.164. The molecule has 2 aromatic rings. The summed E-state index contributed by atoms with van der Waals surface area (Å²) >= 11 is 0. The molecule has 3 N–H and O–H groups in total. The first-order valence-corrected chi connectivity index (χ1v) is 7.80. The van der Waals surface area contributed by atoms with E-state index >= 15 is 0 Å². The Bertz CT molecular complexity index is 817. The molecule has 0 bridgehead atoms. The van der Waals surface area contributed by atoms with Gasteiger partial charge in [0.25, 0.3) is 11.8 Å². The molecule has 1 aromatic heterocycles. The number of aliphatic hydroxyl groups excluding tert-OH is 1. The van der Waals surface area contributed by atoms with E-state index in [1.807, 2.05) is 6.92 Å². The summed E-state index contributed by atoms with van der Waals surface area (Å²) in [6.45, 7) is 3.68. The zero-order valence-electron chi connectivity index (χ0n) is 14.0. The van der Waals surface area contributed by atoms with Crippen LogP contribution in [0.5, 0.6) is 0 Å². The molecule has 130 valence electrons. The maximum atomic E-state index is 12.0. The average Bonchev–Trinajstić information content (AvgIpc) is 3.04. The van der Waals surface area contributed by atoms with Crippen LogP contribution in [0.1, 0.15) is 35.2 Å². The van der Waals surface area contributed by atoms with Crippen molar-refractivity contribution in [3.8, 4) is 11.8 Å². The monoisotopic (exact) mass is 341 g/mol. The Morgan fingerprint density at radius 2 is 2.16 bits per heavy atom. The van der Waals surface area contributed by atoms with Crippen LogP contribution in [0.25, 0.3) is 0 Å². The number of nitrogens with zero attached hydrogens (tertiary/aromatic N) is 1. The number of carbonyl (C=O) groups is 2. The number of amides is 2. The van der Waals surface area contributed by atoms with E-state index in [9.17, 15) is 14.7 Å². The second-order valence-corrected chi connectivity index (χ2v) is 5.38. The van der Waals surface area contributed by atoms with Gasteiger partial charge in [0, 0.05) is 29.8 Å². The highest BCUT2D eigenvalue weighted by Crippen LogP contribution is 2.12. The van der Waals surface area contributed by atoms with Crippen molar-refractivity contribution >= 4 is 17.5 Å². The molecule has 0 aliphatic heterocycles. The van der Waals surface area contributed by atoms with Crippen LogP contribution in [0.3, 0.4) is 0 Å². The summed E-state index contributed by atoms with van der Waals surface area (Å²) in [4.78, 5) is 23.6. The van der Waals surface area contributed by atoms with Gasteiger partial charge in [-0.05, 0) is 31.5 Å². The van der Waals surface area contributed by atoms with Gasteiger partial charge in [-0.1, -0.05) is 24.1 Å². The molecule has 1 heterocycles. The Kier molecular flexibility index (Phi) is 6.32. The fourth-order valence-electron chi connectivity index (χ4n) is 1.87. The van der Waals surface area contributed by atoms with Crippen LogP contribution in [0.15, 0.2) is 34.9 Å². The van der Waals surface area contributed by atoms with Gasteiger partial charge in [-0.25, -0.2) is 0 Å². The molecule has 1 atom stereocenters. The van der Waals surface area contributed by atoms with E-state index in [1.54, 1.807) is 31.2 Å². The largest absolute Gasteiger partial charge is 0.391 e. The summed E-state index contributed by atoms with van der Waals surface area (Å²) in [5, 5.41) is 18.2. The number of aliphatic hydroxyl groups is 1. The molecule has 7 heteroatoms. The van der Waals surface area contributed by atoms with E-state index < -0.39 is 17.9 Å². The van der Waals surface area contributed by atoms with Crippen molar-refractivity contribution in [2.24, 2.45) is 0 Å². The van der Waals surface area contributed by atoms with Gasteiger partial charge in [0.2, 0.25) is 0 Å². The van der Waals surface area contributed by atoms with Gasteiger partial charge >= 0.3 is 0 Å². The fourth-order valence-corrected chi connectivity index (χ4v) is 1.87. The third kappa shape index (κ3) is 5.79. The first kappa shape index (κ1) is 18.2. The summed E-state index contributed by atoms with van der Waals surface area (Å²) in [6.07, 6.45) is -0.0232. The van der Waals surface area contributed by atoms with E-state index in [1.165, 1.54) is 6.07 Å². The van der Waals surface area contributed by atoms with Crippen LogP contribution < -0.4 is 10.6 Å². The van der Waals surface area contributed by atoms with E-state index in [2.05, 4.69) is 27.6 Å². The van der Waals surface area contributed by atoms with Crippen molar-refractivity contribution in [1.82, 2.24) is 10.5 Å². The fraction of sp³-hybridized carbons (Fsp3) is 0.278. The first-order chi connectivity index (χ1) is 12.0. The maximum Gasteiger partial charge on any atom is 0.296 e. The van der Waals surface area contributed by atoms with Crippen molar-refractivity contribution < 1.29 is 19.2 Å². The van der Waals surface area contributed by atoms with Crippen molar-refractivity contribution in [3.63, 3.8) is 0 Å². The van der Waals surface area contributed by atoms with Gasteiger partial charge in [-0.2, -0.15) is 0 Å². The minimum atomic E-state index is -0.579. The van der Waals surface area contributed by atoms with E-state index in [0.29, 0.717) is 23.4 Å². The van der Waals surface area contributed by atoms with Gasteiger partial charge in [-0.3, -0.25) is 9.59 Å². The highest BCUT2D eigenvalue weighted by atomic mass is 16.5. The van der Waals surface area contributed by atoms with E-state index in [-0.39, 0.29) is 12.2 Å². The normalized spacial score (nSPS) is 11.2. The van der Waals surface area contributed by atoms with Gasteiger partial charge in [0.05, 0.1) is 6.10 Å². The third-order valence-electron chi connectivity index (χ3n) is 3.27. The van der Waals surface area contributed by atoms with Gasteiger partial charge in [-0.15, -0.1) is 0 Å². The quantitative estimate of drug-likeness (QED) is 0.715. The van der Waals surface area contributed by atoms with Crippen LogP contribution in [0.2, 0.25) is 0 Å². The molecule has 0 radical (unpaired) electrons. The summed E-state index contributed by atoms with van der Waals surface area (Å²) in [5.74, 6) is 4.84. The predicted molar refractivity (Wildman–Crippen MR) is 91.8 cm³/mol. The summed E-state index contributed by atoms with van der Waals surface area (Å²) in [7, 11) is 0. The molecule has 0 aliphatic carbocycles. The number of benzene rings is 1. The van der Waals surface area contributed by atoms with Gasteiger partial charge in [0.15, 0.2) is 5.69 Å². The highest BCUT2D eigenvalue weighted by Gasteiger charge is 2.11. The molecule has 0 aliphatic rings. The highest BCUT2D eigenvalue weighted by molar-refractivity contribution is 6.02. The molecule has 0 saturated carbocycles. The number of nitrogens with one attached hydrogen (secondary N) is 2. The zero-order valence-corrected chi connectivity index (χ0v) is 14.0. The number of anilines is 1. The lowest BCUT2D eigenvalue weighted by Crippen LogP contribution is -2.30. The maximum absolute atomic E-state index is 12.0. The number of aryl methyl sites for hydroxylation is 1. The van der Waals surface area contributed by atoms with Crippen molar-refractivity contribution in [2.45, 2.75) is 26.4 Å². The van der Waals surface area contributed by atoms with Crippen molar-refractivity contribution in [1.29, 1.82) is 0 Å². The Morgan fingerprint density at radius 1 is 1.36 bits per heavy atom. The molecule has 0 saturated heterocycles. The molecule has 0 fully saturated rings. The molecule has 2 amide bonds. The molecular formula is C18H19N3O4. The number of hydrogen-bond donors (Lipinski definition) is 3. The topological polar surface area (TPSA) is 104 Å². The standard InChI is InChI=1S/C18H19N3O4/c1-3-15(22)11-19-17(23)8-7-13-5-4-6-14(10-13)20-18(24)16-9-12(2)25-21-16/h4-6,9-10,15,22H,3,11H2,1-2H3,(H,19,23)(H,20,24)/t15-/m1/s1. The van der Waals surface area contributed by atoms with Crippen molar-refractivity contribution in [3.05, 3.63) is 47.3 Å². The minimum Gasteiger partial charge on any atom is -0.391 e. The van der Waals surface area contributed by atoms with Crippen LogP contribution in [0.4, 0.5) is 5.69 Å². The molecule has 0 spiro atoms. The Balaban J connectivity index is 1.98. The Morgan fingerprint density at radius 3 is 2.84 bits per heavy atom. The van der Waals surface area contributed by atoms with Gasteiger partial charge in [0.1, 0.15) is 5.76 Å². The molecule has 1 aromatic carbocycles. The molecule has 0 unspecified atom stereocenters. The number of hydrogen-bond acceptors (Lipinski definition) is 5. The second-order valence-electron chi connectivity index (χ2n) is 5.38. The summed E-state index contributed by atoms with van der Waals surface area (Å²) in [6, 6.07) is 8.32. The molecular weight excluding hydrogens is 322 g/mol. The lowest BCUT2D eigenvalue weighted by atomic mass is 10.2. The smallest absolute Gasteiger partial charge is 0.296 e. The zero-order chi connectivity index (χ0) is 18.2. The number of aromatic nitrogens is 1. The van der Waals surface area contributed by atoms with E-state index in [0.717, 1.165) is 0 Å². The first-order valence-electron chi connectivity index (χ1n) is 7.80. The Labute approximate surface area is 145 Å². The Hall–Kier alpha value is -3.11. The van der Waals surface area contributed by atoms with Crippen LogP contribution in [0, 0.1) is 18.8 Å². The van der Waals surface area contributed by atoms with E-state index in [4.69, 9.17) is 4.52 Å². The predicted octanol–water partition coefficient (Wildman–Crippen LogP) is 1.47. The third-order valence-corrected chi connectivity index (χ3v) is 3.27. The number of rotatable bonds is 5. The SMILES string of the molecule is CC[C@@H](O)CNC(=O)C#Cc1cccc(NC(=O)c2cc(C)on2)c1. The van der Waals surface area contributed by atoms with Gasteiger partial charge < -0.3 is 20.3 Å². The average molecular weight is 341 g/mol. The second kappa shape index (κ2) is 8.66. The van der Waals surface area contributed by atoms with Crippen LogP contribution in [-0.4, -0.2) is 34.7 Å². The molecule has 7 nitrogen and oxygen atoms in total. The molecule has 25 heavy (non-hydrogen) atoms. The lowest BCUT2D eigenvalue weighted by molar-refractivity contribution is -0.116. The summed E-state index contributed by atoms with van der Waals surface area (Å²) in [5.41, 5.74) is 1.28. The van der Waals surface area contributed by atoms with Crippen LogP contribution >= 0.6 is 0 Å². The number of carbonyl (C=O) groups excluding carboxylic acids is 2. The summed E-state index contributed by atoms with van der Waals surface area (Å²) < 4.78 is 4.86. The van der Waals surface area contributed by atoms with Crippen molar-refractivity contribution in [2.75, 3.05) is 11.9 Å².